The molecule has 0 unspecified atom stereocenters. The molecule has 8 heteroatoms. The molecule has 0 fully saturated rings. The van der Waals surface area contributed by atoms with Crippen molar-refractivity contribution in [3.63, 3.8) is 0 Å². The van der Waals surface area contributed by atoms with Gasteiger partial charge in [0.25, 0.3) is 10.0 Å². The Morgan fingerprint density at radius 2 is 2.10 bits per heavy atom. The highest BCUT2D eigenvalue weighted by atomic mass is 32.2. The largest absolute Gasteiger partial charge is 0.327 e. The van der Waals surface area contributed by atoms with Crippen molar-refractivity contribution >= 4 is 15.6 Å². The second kappa shape index (κ2) is 8.20. The van der Waals surface area contributed by atoms with Gasteiger partial charge in [-0.3, -0.25) is 9.71 Å². The average molecular weight is 434 g/mol. The Kier molecular flexibility index (Phi) is 5.44. The third kappa shape index (κ3) is 4.27. The summed E-state index contributed by atoms with van der Waals surface area (Å²) in [7, 11) is -4.02. The van der Waals surface area contributed by atoms with Crippen molar-refractivity contribution < 1.29 is 12.8 Å². The molecule has 0 radical (unpaired) electrons. The Morgan fingerprint density at radius 1 is 1.26 bits per heavy atom. The van der Waals surface area contributed by atoms with E-state index >= 15 is 0 Å². The molecule has 156 valence electrons. The molecule has 4 rings (SSSR count). The fourth-order valence-corrected chi connectivity index (χ4v) is 4.55. The SMILES string of the molecule is CC1=CC=C(NS(=O)(=O)c2ccc(F)c(C#N)c2)N2CC=C(c3cccnc3)C=C2C1. The van der Waals surface area contributed by atoms with Crippen molar-refractivity contribution in [1.29, 1.82) is 5.26 Å². The van der Waals surface area contributed by atoms with Crippen LogP contribution in [0.3, 0.4) is 0 Å². The molecule has 1 N–H and O–H groups in total. The molecule has 0 atom stereocenters. The number of allylic oxidation sites excluding steroid dienone is 5. The average Bonchev–Trinajstić information content (AvgIpc) is 2.92. The predicted molar refractivity (Wildman–Crippen MR) is 115 cm³/mol. The summed E-state index contributed by atoms with van der Waals surface area (Å²) < 4.78 is 42.1. The molecule has 0 saturated carbocycles. The van der Waals surface area contributed by atoms with Gasteiger partial charge in [0, 0.05) is 31.1 Å². The zero-order valence-corrected chi connectivity index (χ0v) is 17.5. The van der Waals surface area contributed by atoms with Gasteiger partial charge in [-0.15, -0.1) is 0 Å². The molecular weight excluding hydrogens is 415 g/mol. The van der Waals surface area contributed by atoms with E-state index in [0.29, 0.717) is 18.8 Å². The number of pyridine rings is 1. The predicted octanol–water partition coefficient (Wildman–Crippen LogP) is 3.85. The smallest absolute Gasteiger partial charge is 0.263 e. The normalized spacial score (nSPS) is 16.1. The van der Waals surface area contributed by atoms with Crippen LogP contribution in [0.1, 0.15) is 24.5 Å². The molecule has 1 aromatic carbocycles. The summed E-state index contributed by atoms with van der Waals surface area (Å²) in [5, 5.41) is 9.02. The van der Waals surface area contributed by atoms with E-state index in [9.17, 15) is 12.8 Å². The number of hydrogen-bond donors (Lipinski definition) is 1. The summed E-state index contributed by atoms with van der Waals surface area (Å²) >= 11 is 0. The molecule has 2 aliphatic rings. The summed E-state index contributed by atoms with van der Waals surface area (Å²) in [5.74, 6) is -0.379. The molecule has 0 aliphatic carbocycles. The molecule has 0 spiro atoms. The number of fused-ring (bicyclic) bond motifs is 1. The number of aromatic nitrogens is 1. The van der Waals surface area contributed by atoms with Gasteiger partial charge in [-0.05, 0) is 54.5 Å². The molecule has 2 aromatic rings. The lowest BCUT2D eigenvalue weighted by molar-refractivity contribution is 0.439. The molecular formula is C23H19FN4O2S. The fraction of sp³-hybridized carbons (Fsp3) is 0.130. The second-order valence-electron chi connectivity index (χ2n) is 7.25. The highest BCUT2D eigenvalue weighted by Crippen LogP contribution is 2.31. The van der Waals surface area contributed by atoms with Crippen LogP contribution >= 0.6 is 0 Å². The van der Waals surface area contributed by atoms with E-state index in [1.54, 1.807) is 24.5 Å². The molecule has 6 nitrogen and oxygen atoms in total. The minimum Gasteiger partial charge on any atom is -0.327 e. The minimum absolute atomic E-state index is 0.176. The van der Waals surface area contributed by atoms with E-state index in [2.05, 4.69) is 9.71 Å². The standard InChI is InChI=1S/C23H19FN4O2S/c1-16-4-7-23(27-31(29,30)21-5-6-22(24)19(13-21)14-25)28-10-8-17(12-20(28)11-16)18-3-2-9-26-15-18/h2-9,12-13,15,27H,10-11H2,1H3. The number of hydrogen-bond acceptors (Lipinski definition) is 5. The Morgan fingerprint density at radius 3 is 2.84 bits per heavy atom. The molecule has 0 saturated heterocycles. The van der Waals surface area contributed by atoms with Gasteiger partial charge in [-0.2, -0.15) is 5.26 Å². The first-order valence-corrected chi connectivity index (χ1v) is 11.0. The van der Waals surface area contributed by atoms with E-state index < -0.39 is 15.8 Å². The van der Waals surface area contributed by atoms with E-state index in [1.807, 2.05) is 42.2 Å². The molecule has 3 heterocycles. The molecule has 1 aromatic heterocycles. The van der Waals surface area contributed by atoms with Crippen molar-refractivity contribution in [3.05, 3.63) is 101 Å². The summed E-state index contributed by atoms with van der Waals surface area (Å²) in [6, 6.07) is 8.67. The summed E-state index contributed by atoms with van der Waals surface area (Å²) in [6.07, 6.45) is 11.8. The number of rotatable bonds is 4. The molecule has 2 aliphatic heterocycles. The van der Waals surface area contributed by atoms with Crippen molar-refractivity contribution in [2.45, 2.75) is 18.2 Å². The molecule has 0 bridgehead atoms. The van der Waals surface area contributed by atoms with Crippen LogP contribution in [-0.4, -0.2) is 24.8 Å². The lowest BCUT2D eigenvalue weighted by Crippen LogP contribution is -2.35. The zero-order chi connectivity index (χ0) is 22.0. The zero-order valence-electron chi connectivity index (χ0n) is 16.7. The van der Waals surface area contributed by atoms with Crippen molar-refractivity contribution in [2.75, 3.05) is 6.54 Å². The van der Waals surface area contributed by atoms with Gasteiger partial charge in [0.15, 0.2) is 0 Å². The summed E-state index contributed by atoms with van der Waals surface area (Å²) in [6.45, 7) is 2.45. The molecule has 31 heavy (non-hydrogen) atoms. The fourth-order valence-electron chi connectivity index (χ4n) is 3.46. The highest BCUT2D eigenvalue weighted by Gasteiger charge is 2.25. The van der Waals surface area contributed by atoms with Crippen LogP contribution in [0.2, 0.25) is 0 Å². The van der Waals surface area contributed by atoms with Gasteiger partial charge < -0.3 is 4.90 Å². The second-order valence-corrected chi connectivity index (χ2v) is 8.93. The summed E-state index contributed by atoms with van der Waals surface area (Å²) in [5.41, 5.74) is 3.70. The number of nitriles is 1. The van der Waals surface area contributed by atoms with Crippen molar-refractivity contribution in [2.24, 2.45) is 0 Å². The van der Waals surface area contributed by atoms with Crippen LogP contribution in [0.4, 0.5) is 4.39 Å². The van der Waals surface area contributed by atoms with Crippen molar-refractivity contribution in [3.8, 4) is 6.07 Å². The van der Waals surface area contributed by atoms with E-state index in [0.717, 1.165) is 40.6 Å². The Labute approximate surface area is 180 Å². The van der Waals surface area contributed by atoms with E-state index in [1.165, 1.54) is 0 Å². The van der Waals surface area contributed by atoms with Crippen LogP contribution in [-0.2, 0) is 10.0 Å². The number of nitrogens with zero attached hydrogens (tertiary/aromatic N) is 3. The van der Waals surface area contributed by atoms with Gasteiger partial charge in [-0.25, -0.2) is 12.8 Å². The van der Waals surface area contributed by atoms with Crippen LogP contribution in [0, 0.1) is 17.1 Å². The third-order valence-corrected chi connectivity index (χ3v) is 6.39. The van der Waals surface area contributed by atoms with Gasteiger partial charge in [0.05, 0.1) is 10.5 Å². The van der Waals surface area contributed by atoms with Crippen LogP contribution in [0.5, 0.6) is 0 Å². The van der Waals surface area contributed by atoms with Crippen LogP contribution < -0.4 is 4.72 Å². The topological polar surface area (TPSA) is 86.1 Å². The number of sulfonamides is 1. The van der Waals surface area contributed by atoms with E-state index in [4.69, 9.17) is 5.26 Å². The van der Waals surface area contributed by atoms with Gasteiger partial charge in [0.1, 0.15) is 17.7 Å². The Bertz CT molecular complexity index is 1300. The summed E-state index contributed by atoms with van der Waals surface area (Å²) in [4.78, 5) is 5.88. The third-order valence-electron chi connectivity index (χ3n) is 5.04. The maximum Gasteiger partial charge on any atom is 0.263 e. The van der Waals surface area contributed by atoms with Gasteiger partial charge in [0.2, 0.25) is 0 Å². The van der Waals surface area contributed by atoms with Gasteiger partial charge >= 0.3 is 0 Å². The maximum atomic E-state index is 13.6. The minimum atomic E-state index is -4.02. The highest BCUT2D eigenvalue weighted by molar-refractivity contribution is 7.89. The lowest BCUT2D eigenvalue weighted by atomic mass is 10.0. The lowest BCUT2D eigenvalue weighted by Gasteiger charge is -2.31. The van der Waals surface area contributed by atoms with E-state index in [-0.39, 0.29) is 10.5 Å². The quantitative estimate of drug-likeness (QED) is 0.790. The number of halogens is 1. The Hall–Kier alpha value is -3.70. The van der Waals surface area contributed by atoms with Gasteiger partial charge in [-0.1, -0.05) is 23.8 Å². The number of nitrogens with one attached hydrogen (secondary N) is 1. The maximum absolute atomic E-state index is 13.6. The van der Waals surface area contributed by atoms with Crippen LogP contribution in [0.15, 0.2) is 89.0 Å². The van der Waals surface area contributed by atoms with Crippen LogP contribution in [0.25, 0.3) is 5.57 Å². The Balaban J connectivity index is 1.66. The first-order valence-electron chi connectivity index (χ1n) is 9.56. The number of benzene rings is 1. The first-order chi connectivity index (χ1) is 14.9. The monoisotopic (exact) mass is 434 g/mol. The first kappa shape index (κ1) is 20.6. The molecule has 0 amide bonds. The van der Waals surface area contributed by atoms with Crippen molar-refractivity contribution in [1.82, 2.24) is 14.6 Å².